The molecule has 0 bridgehead atoms. The van der Waals surface area contributed by atoms with E-state index in [1.165, 1.54) is 12.1 Å². The number of hydrogen-bond acceptors (Lipinski definition) is 1. The molecule has 1 rings (SSSR count). The number of benzene rings is 1. The first-order valence-corrected chi connectivity index (χ1v) is 4.67. The summed E-state index contributed by atoms with van der Waals surface area (Å²) in [7, 11) is 0. The van der Waals surface area contributed by atoms with E-state index in [2.05, 4.69) is 0 Å². The third-order valence-electron chi connectivity index (χ3n) is 2.19. The van der Waals surface area contributed by atoms with Gasteiger partial charge in [-0.15, -0.1) is 0 Å². The van der Waals surface area contributed by atoms with Crippen molar-refractivity contribution < 1.29 is 18.3 Å². The average Bonchev–Trinajstić information content (AvgIpc) is 2.15. The van der Waals surface area contributed by atoms with Crippen LogP contribution in [-0.4, -0.2) is 5.11 Å². The number of alkyl halides is 3. The molecule has 1 atom stereocenters. The molecule has 0 spiro atoms. The van der Waals surface area contributed by atoms with Crippen LogP contribution in [-0.2, 0) is 6.18 Å². The molecule has 0 radical (unpaired) electrons. The molecular weight excluding hydrogens is 205 g/mol. The molecular formula is C11H13F3O. The van der Waals surface area contributed by atoms with E-state index in [0.29, 0.717) is 5.56 Å². The largest absolute Gasteiger partial charge is 0.416 e. The van der Waals surface area contributed by atoms with Gasteiger partial charge in [0.25, 0.3) is 0 Å². The Labute approximate surface area is 86.5 Å². The van der Waals surface area contributed by atoms with Gasteiger partial charge in [-0.25, -0.2) is 0 Å². The maximum absolute atomic E-state index is 12.4. The second-order valence-corrected chi connectivity index (χ2v) is 3.81. The molecule has 0 saturated carbocycles. The normalized spacial score (nSPS) is 14.3. The summed E-state index contributed by atoms with van der Waals surface area (Å²) in [6, 6.07) is 4.80. The number of rotatable bonds is 2. The van der Waals surface area contributed by atoms with Gasteiger partial charge in [-0.1, -0.05) is 26.0 Å². The maximum Gasteiger partial charge on any atom is 0.416 e. The first-order valence-electron chi connectivity index (χ1n) is 4.67. The summed E-state index contributed by atoms with van der Waals surface area (Å²) in [6.45, 7) is 3.51. The molecule has 0 aliphatic heterocycles. The fourth-order valence-corrected chi connectivity index (χ4v) is 1.28. The van der Waals surface area contributed by atoms with Crippen LogP contribution in [0.3, 0.4) is 0 Å². The highest BCUT2D eigenvalue weighted by molar-refractivity contribution is 5.27. The van der Waals surface area contributed by atoms with Crippen molar-refractivity contribution in [1.82, 2.24) is 0 Å². The van der Waals surface area contributed by atoms with Gasteiger partial charge >= 0.3 is 6.18 Å². The van der Waals surface area contributed by atoms with Crippen LogP contribution >= 0.6 is 0 Å². The molecule has 0 fully saturated rings. The zero-order valence-corrected chi connectivity index (χ0v) is 8.55. The number of aliphatic hydroxyl groups is 1. The Morgan fingerprint density at radius 1 is 1.20 bits per heavy atom. The van der Waals surface area contributed by atoms with E-state index in [4.69, 9.17) is 0 Å². The minimum Gasteiger partial charge on any atom is -0.388 e. The van der Waals surface area contributed by atoms with Crippen LogP contribution < -0.4 is 0 Å². The Balaban J connectivity index is 3.03. The summed E-state index contributed by atoms with van der Waals surface area (Å²) in [5, 5.41) is 9.62. The average molecular weight is 218 g/mol. The second-order valence-electron chi connectivity index (χ2n) is 3.81. The van der Waals surface area contributed by atoms with E-state index in [1.54, 1.807) is 13.8 Å². The van der Waals surface area contributed by atoms with Gasteiger partial charge < -0.3 is 5.11 Å². The molecule has 1 aromatic rings. The highest BCUT2D eigenvalue weighted by Gasteiger charge is 2.30. The van der Waals surface area contributed by atoms with Crippen molar-refractivity contribution in [3.05, 3.63) is 35.4 Å². The predicted octanol–water partition coefficient (Wildman–Crippen LogP) is 3.39. The Morgan fingerprint density at radius 3 is 2.27 bits per heavy atom. The summed E-state index contributed by atoms with van der Waals surface area (Å²) in [5.41, 5.74) is -0.417. The van der Waals surface area contributed by atoms with Gasteiger partial charge in [0.2, 0.25) is 0 Å². The maximum atomic E-state index is 12.4. The van der Waals surface area contributed by atoms with Crippen LogP contribution in [0, 0.1) is 5.92 Å². The second kappa shape index (κ2) is 4.23. The standard InChI is InChI=1S/C11H13F3O/c1-7(2)10(15)8-4-3-5-9(6-8)11(12,13)14/h3-7,10,15H,1-2H3. The van der Waals surface area contributed by atoms with Gasteiger partial charge in [0.05, 0.1) is 11.7 Å². The summed E-state index contributed by atoms with van der Waals surface area (Å²) < 4.78 is 37.1. The monoisotopic (exact) mass is 218 g/mol. The van der Waals surface area contributed by atoms with Gasteiger partial charge in [-0.3, -0.25) is 0 Å². The molecule has 0 amide bonds. The summed E-state index contributed by atoms with van der Waals surface area (Å²) in [5.74, 6) is -0.103. The quantitative estimate of drug-likeness (QED) is 0.806. The van der Waals surface area contributed by atoms with Crippen molar-refractivity contribution >= 4 is 0 Å². The summed E-state index contributed by atoms with van der Waals surface area (Å²) >= 11 is 0. The highest BCUT2D eigenvalue weighted by Crippen LogP contribution is 2.31. The topological polar surface area (TPSA) is 20.2 Å². The molecule has 0 aliphatic rings. The number of halogens is 3. The van der Waals surface area contributed by atoms with Crippen molar-refractivity contribution in [1.29, 1.82) is 0 Å². The van der Waals surface area contributed by atoms with E-state index in [-0.39, 0.29) is 5.92 Å². The minimum absolute atomic E-state index is 0.103. The zero-order chi connectivity index (χ0) is 11.6. The highest BCUT2D eigenvalue weighted by atomic mass is 19.4. The molecule has 1 N–H and O–H groups in total. The van der Waals surface area contributed by atoms with E-state index in [1.807, 2.05) is 0 Å². The molecule has 1 nitrogen and oxygen atoms in total. The van der Waals surface area contributed by atoms with Crippen LogP contribution in [0.2, 0.25) is 0 Å². The van der Waals surface area contributed by atoms with Gasteiger partial charge in [-0.05, 0) is 23.6 Å². The van der Waals surface area contributed by atoms with E-state index in [0.717, 1.165) is 12.1 Å². The number of aliphatic hydroxyl groups excluding tert-OH is 1. The van der Waals surface area contributed by atoms with Crippen molar-refractivity contribution in [2.24, 2.45) is 5.92 Å². The third-order valence-corrected chi connectivity index (χ3v) is 2.19. The van der Waals surface area contributed by atoms with Crippen LogP contribution in [0.4, 0.5) is 13.2 Å². The first-order chi connectivity index (χ1) is 6.82. The van der Waals surface area contributed by atoms with Crippen molar-refractivity contribution in [2.75, 3.05) is 0 Å². The summed E-state index contributed by atoms with van der Waals surface area (Å²) in [6.07, 6.45) is -5.21. The molecule has 15 heavy (non-hydrogen) atoms. The molecule has 84 valence electrons. The molecule has 0 saturated heterocycles. The third kappa shape index (κ3) is 2.96. The zero-order valence-electron chi connectivity index (χ0n) is 8.55. The SMILES string of the molecule is CC(C)C(O)c1cccc(C(F)(F)F)c1. The fraction of sp³-hybridized carbons (Fsp3) is 0.455. The molecule has 1 unspecified atom stereocenters. The summed E-state index contributed by atoms with van der Waals surface area (Å²) in [4.78, 5) is 0. The molecule has 0 aromatic heterocycles. The van der Waals surface area contributed by atoms with Crippen LogP contribution in [0.1, 0.15) is 31.1 Å². The lowest BCUT2D eigenvalue weighted by molar-refractivity contribution is -0.137. The minimum atomic E-state index is -4.35. The van der Waals surface area contributed by atoms with Gasteiger partial charge in [0.15, 0.2) is 0 Å². The number of hydrogen-bond donors (Lipinski definition) is 1. The van der Waals surface area contributed by atoms with Crippen LogP contribution in [0.5, 0.6) is 0 Å². The lowest BCUT2D eigenvalue weighted by atomic mass is 9.97. The predicted molar refractivity (Wildman–Crippen MR) is 51.2 cm³/mol. The van der Waals surface area contributed by atoms with E-state index >= 15 is 0 Å². The lowest BCUT2D eigenvalue weighted by Crippen LogP contribution is -2.09. The van der Waals surface area contributed by atoms with Crippen molar-refractivity contribution in [3.63, 3.8) is 0 Å². The smallest absolute Gasteiger partial charge is 0.388 e. The Bertz CT molecular complexity index is 331. The van der Waals surface area contributed by atoms with E-state index in [9.17, 15) is 18.3 Å². The first kappa shape index (κ1) is 12.0. The molecule has 1 aromatic carbocycles. The molecule has 0 aliphatic carbocycles. The van der Waals surface area contributed by atoms with Gasteiger partial charge in [0, 0.05) is 0 Å². The Morgan fingerprint density at radius 2 is 1.80 bits per heavy atom. The van der Waals surface area contributed by atoms with Crippen molar-refractivity contribution in [3.8, 4) is 0 Å². The van der Waals surface area contributed by atoms with Crippen LogP contribution in [0.15, 0.2) is 24.3 Å². The Hall–Kier alpha value is -1.03. The van der Waals surface area contributed by atoms with Crippen molar-refractivity contribution in [2.45, 2.75) is 26.1 Å². The van der Waals surface area contributed by atoms with Gasteiger partial charge in [0.1, 0.15) is 0 Å². The van der Waals surface area contributed by atoms with Crippen LogP contribution in [0.25, 0.3) is 0 Å². The fourth-order valence-electron chi connectivity index (χ4n) is 1.28. The molecule has 4 heteroatoms. The lowest BCUT2D eigenvalue weighted by Gasteiger charge is -2.16. The van der Waals surface area contributed by atoms with Gasteiger partial charge in [-0.2, -0.15) is 13.2 Å². The molecule has 0 heterocycles. The van der Waals surface area contributed by atoms with E-state index < -0.39 is 17.8 Å². The Kier molecular flexibility index (Phi) is 3.39.